The molecule has 0 N–H and O–H groups in total. The van der Waals surface area contributed by atoms with Crippen molar-refractivity contribution in [3.05, 3.63) is 71.4 Å². The van der Waals surface area contributed by atoms with Crippen LogP contribution in [0.2, 0.25) is 0 Å². The highest BCUT2D eigenvalue weighted by Gasteiger charge is 2.10. The summed E-state index contributed by atoms with van der Waals surface area (Å²) < 4.78 is 29.2. The zero-order valence-electron chi connectivity index (χ0n) is 10.5. The van der Waals surface area contributed by atoms with E-state index in [4.69, 9.17) is 0 Å². The summed E-state index contributed by atoms with van der Waals surface area (Å²) in [5.74, 6) is -1.01. The third-order valence-corrected chi connectivity index (χ3v) is 3.32. The molecule has 0 amide bonds. The molecule has 1 aromatic heterocycles. The smallest absolute Gasteiger partial charge is 0.131 e. The summed E-state index contributed by atoms with van der Waals surface area (Å²) >= 11 is 0. The van der Waals surface area contributed by atoms with Crippen molar-refractivity contribution in [1.29, 1.82) is 0 Å². The predicted octanol–water partition coefficient (Wildman–Crippen LogP) is 4.28. The fourth-order valence-corrected chi connectivity index (χ4v) is 2.29. The SMILES string of the molecule is Cc1ccc2ccn(Cc3c(F)cccc3F)c2c1. The van der Waals surface area contributed by atoms with Crippen LogP contribution in [0.5, 0.6) is 0 Å². The maximum atomic E-state index is 13.7. The Kier molecular flexibility index (Phi) is 2.82. The quantitative estimate of drug-likeness (QED) is 0.646. The number of benzene rings is 2. The van der Waals surface area contributed by atoms with Gasteiger partial charge in [-0.2, -0.15) is 0 Å². The van der Waals surface area contributed by atoms with Gasteiger partial charge in [0.1, 0.15) is 11.6 Å². The van der Waals surface area contributed by atoms with Crippen molar-refractivity contribution in [3.8, 4) is 0 Å². The summed E-state index contributed by atoms with van der Waals surface area (Å²) in [5.41, 5.74) is 2.21. The van der Waals surface area contributed by atoms with E-state index in [0.717, 1.165) is 16.5 Å². The number of nitrogens with zero attached hydrogens (tertiary/aromatic N) is 1. The largest absolute Gasteiger partial charge is 0.343 e. The van der Waals surface area contributed by atoms with Gasteiger partial charge in [-0.25, -0.2) is 8.78 Å². The first-order valence-electron chi connectivity index (χ1n) is 6.13. The molecule has 2 aromatic carbocycles. The van der Waals surface area contributed by atoms with E-state index in [2.05, 4.69) is 0 Å². The van der Waals surface area contributed by atoms with Crippen LogP contribution in [0, 0.1) is 18.6 Å². The maximum Gasteiger partial charge on any atom is 0.131 e. The molecule has 0 saturated heterocycles. The van der Waals surface area contributed by atoms with Crippen LogP contribution in [0.4, 0.5) is 8.78 Å². The van der Waals surface area contributed by atoms with E-state index in [9.17, 15) is 8.78 Å². The minimum absolute atomic E-state index is 0.0986. The Morgan fingerprint density at radius 1 is 1.00 bits per heavy atom. The van der Waals surface area contributed by atoms with E-state index in [0.29, 0.717) is 0 Å². The number of fused-ring (bicyclic) bond motifs is 1. The van der Waals surface area contributed by atoms with Gasteiger partial charge in [-0.15, -0.1) is 0 Å². The van der Waals surface area contributed by atoms with Crippen LogP contribution < -0.4 is 0 Å². The third kappa shape index (κ3) is 2.12. The lowest BCUT2D eigenvalue weighted by atomic mass is 10.1. The second-order valence-electron chi connectivity index (χ2n) is 4.71. The zero-order valence-corrected chi connectivity index (χ0v) is 10.5. The lowest BCUT2D eigenvalue weighted by molar-refractivity contribution is 0.547. The molecule has 0 aliphatic heterocycles. The van der Waals surface area contributed by atoms with Crippen LogP contribution >= 0.6 is 0 Å². The molecule has 0 atom stereocenters. The van der Waals surface area contributed by atoms with Crippen molar-refractivity contribution in [3.63, 3.8) is 0 Å². The van der Waals surface area contributed by atoms with Gasteiger partial charge in [-0.1, -0.05) is 18.2 Å². The molecular formula is C16H13F2N. The molecule has 96 valence electrons. The Morgan fingerprint density at radius 2 is 1.74 bits per heavy atom. The first kappa shape index (κ1) is 11.9. The molecule has 0 fully saturated rings. The molecule has 0 saturated carbocycles. The summed E-state index contributed by atoms with van der Waals surface area (Å²) in [7, 11) is 0. The monoisotopic (exact) mass is 257 g/mol. The molecule has 1 nitrogen and oxygen atoms in total. The second-order valence-corrected chi connectivity index (χ2v) is 4.71. The van der Waals surface area contributed by atoms with Gasteiger partial charge in [-0.05, 0) is 42.1 Å². The fraction of sp³-hybridized carbons (Fsp3) is 0.125. The summed E-state index contributed by atoms with van der Waals surface area (Å²) in [6, 6.07) is 12.0. The van der Waals surface area contributed by atoms with Crippen molar-refractivity contribution in [1.82, 2.24) is 4.57 Å². The van der Waals surface area contributed by atoms with Crippen LogP contribution in [0.15, 0.2) is 48.7 Å². The van der Waals surface area contributed by atoms with Crippen LogP contribution in [-0.4, -0.2) is 4.57 Å². The number of aromatic nitrogens is 1. The number of rotatable bonds is 2. The molecule has 3 rings (SSSR count). The van der Waals surface area contributed by atoms with Crippen molar-refractivity contribution >= 4 is 10.9 Å². The summed E-state index contributed by atoms with van der Waals surface area (Å²) in [6.45, 7) is 2.20. The highest BCUT2D eigenvalue weighted by atomic mass is 19.1. The maximum absolute atomic E-state index is 13.7. The Labute approximate surface area is 110 Å². The van der Waals surface area contributed by atoms with Gasteiger partial charge < -0.3 is 4.57 Å². The van der Waals surface area contributed by atoms with Gasteiger partial charge in [-0.3, -0.25) is 0 Å². The Morgan fingerprint density at radius 3 is 2.47 bits per heavy atom. The molecule has 0 aliphatic rings. The number of hydrogen-bond donors (Lipinski definition) is 0. The number of aryl methyl sites for hydroxylation is 1. The summed E-state index contributed by atoms with van der Waals surface area (Å²) in [5, 5.41) is 1.07. The van der Waals surface area contributed by atoms with E-state index in [1.807, 2.05) is 42.0 Å². The molecular weight excluding hydrogens is 244 g/mol. The van der Waals surface area contributed by atoms with Gasteiger partial charge in [0.05, 0.1) is 6.54 Å². The van der Waals surface area contributed by atoms with Crippen LogP contribution in [0.3, 0.4) is 0 Å². The Hall–Kier alpha value is -2.16. The normalized spacial score (nSPS) is 11.1. The molecule has 0 radical (unpaired) electrons. The van der Waals surface area contributed by atoms with Crippen LogP contribution in [0.25, 0.3) is 10.9 Å². The van der Waals surface area contributed by atoms with E-state index < -0.39 is 11.6 Å². The van der Waals surface area contributed by atoms with Gasteiger partial charge in [0.15, 0.2) is 0 Å². The molecule has 3 heteroatoms. The van der Waals surface area contributed by atoms with Crippen molar-refractivity contribution in [2.75, 3.05) is 0 Å². The first-order valence-corrected chi connectivity index (χ1v) is 6.13. The molecule has 1 heterocycles. The molecule has 19 heavy (non-hydrogen) atoms. The highest BCUT2D eigenvalue weighted by Crippen LogP contribution is 2.20. The molecule has 0 bridgehead atoms. The minimum Gasteiger partial charge on any atom is -0.343 e. The van der Waals surface area contributed by atoms with E-state index in [1.165, 1.54) is 18.2 Å². The summed E-state index contributed by atoms with van der Waals surface area (Å²) in [4.78, 5) is 0. The lowest BCUT2D eigenvalue weighted by Crippen LogP contribution is -2.03. The van der Waals surface area contributed by atoms with Gasteiger partial charge in [0.25, 0.3) is 0 Å². The van der Waals surface area contributed by atoms with Crippen molar-refractivity contribution in [2.24, 2.45) is 0 Å². The van der Waals surface area contributed by atoms with Crippen molar-refractivity contribution < 1.29 is 8.78 Å². The second kappa shape index (κ2) is 4.50. The molecule has 0 aliphatic carbocycles. The molecule has 0 spiro atoms. The fourth-order valence-electron chi connectivity index (χ4n) is 2.29. The number of hydrogen-bond acceptors (Lipinski definition) is 0. The lowest BCUT2D eigenvalue weighted by Gasteiger charge is -2.08. The predicted molar refractivity (Wildman–Crippen MR) is 72.1 cm³/mol. The van der Waals surface area contributed by atoms with Gasteiger partial charge >= 0.3 is 0 Å². The minimum atomic E-state index is -0.505. The molecule has 3 aromatic rings. The highest BCUT2D eigenvalue weighted by molar-refractivity contribution is 5.80. The average molecular weight is 257 g/mol. The Balaban J connectivity index is 2.08. The topological polar surface area (TPSA) is 4.93 Å². The van der Waals surface area contributed by atoms with Crippen LogP contribution in [0.1, 0.15) is 11.1 Å². The number of halogens is 2. The van der Waals surface area contributed by atoms with E-state index in [1.54, 1.807) is 0 Å². The molecule has 0 unspecified atom stereocenters. The standard InChI is InChI=1S/C16H13F2N/c1-11-5-6-12-7-8-19(16(12)9-11)10-13-14(17)3-2-4-15(13)18/h2-9H,10H2,1H3. The van der Waals surface area contributed by atoms with Gasteiger partial charge in [0.2, 0.25) is 0 Å². The average Bonchev–Trinajstić information content (AvgIpc) is 2.76. The van der Waals surface area contributed by atoms with Crippen molar-refractivity contribution in [2.45, 2.75) is 13.5 Å². The van der Waals surface area contributed by atoms with E-state index in [-0.39, 0.29) is 12.1 Å². The first-order chi connectivity index (χ1) is 9.15. The Bertz CT molecular complexity index is 723. The van der Waals surface area contributed by atoms with Gasteiger partial charge in [0, 0.05) is 17.3 Å². The van der Waals surface area contributed by atoms with Crippen LogP contribution in [-0.2, 0) is 6.54 Å². The zero-order chi connectivity index (χ0) is 13.4. The summed E-state index contributed by atoms with van der Waals surface area (Å²) in [6.07, 6.45) is 1.86. The third-order valence-electron chi connectivity index (χ3n) is 3.32. The van der Waals surface area contributed by atoms with E-state index >= 15 is 0 Å².